The molecule has 1 amide bonds. The van der Waals surface area contributed by atoms with E-state index in [4.69, 9.17) is 23.2 Å². The molecule has 3 aromatic rings. The number of amides is 1. The first-order valence-corrected chi connectivity index (χ1v) is 7.89. The highest BCUT2D eigenvalue weighted by atomic mass is 35.5. The highest BCUT2D eigenvalue weighted by molar-refractivity contribution is 7.14. The van der Waals surface area contributed by atoms with Crippen LogP contribution in [0.3, 0.4) is 0 Å². The van der Waals surface area contributed by atoms with E-state index < -0.39 is 0 Å². The molecule has 0 spiro atoms. The number of nitrogens with one attached hydrogen (secondary N) is 1. The van der Waals surface area contributed by atoms with Crippen LogP contribution in [0.15, 0.2) is 48.1 Å². The zero-order valence-corrected chi connectivity index (χ0v) is 13.4. The Bertz CT molecular complexity index is 821. The fourth-order valence-corrected chi connectivity index (χ4v) is 2.81. The van der Waals surface area contributed by atoms with Crippen LogP contribution in [0.4, 0.5) is 5.13 Å². The monoisotopic (exact) mass is 349 g/mol. The molecule has 0 fully saturated rings. The number of aromatic nitrogens is 2. The molecule has 0 saturated heterocycles. The molecule has 0 aliphatic rings. The van der Waals surface area contributed by atoms with E-state index in [1.807, 2.05) is 17.5 Å². The number of nitrogens with zero attached hydrogens (tertiary/aromatic N) is 2. The summed E-state index contributed by atoms with van der Waals surface area (Å²) in [5, 5.41) is 5.89. The summed E-state index contributed by atoms with van der Waals surface area (Å²) in [6, 6.07) is 8.44. The van der Waals surface area contributed by atoms with Crippen LogP contribution < -0.4 is 5.32 Å². The third-order valence-corrected chi connectivity index (χ3v) is 4.38. The van der Waals surface area contributed by atoms with Crippen LogP contribution in [0.5, 0.6) is 0 Å². The molecule has 4 nitrogen and oxygen atoms in total. The van der Waals surface area contributed by atoms with Crippen LogP contribution in [0, 0.1) is 0 Å². The van der Waals surface area contributed by atoms with Crippen molar-refractivity contribution in [2.45, 2.75) is 0 Å². The molecule has 0 aliphatic heterocycles. The van der Waals surface area contributed by atoms with Gasteiger partial charge in [-0.1, -0.05) is 23.2 Å². The van der Waals surface area contributed by atoms with Gasteiger partial charge in [-0.2, -0.15) is 0 Å². The summed E-state index contributed by atoms with van der Waals surface area (Å²) in [5.74, 6) is -0.283. The van der Waals surface area contributed by atoms with Crippen LogP contribution in [0.2, 0.25) is 10.0 Å². The molecule has 0 unspecified atom stereocenters. The quantitative estimate of drug-likeness (QED) is 0.741. The number of benzene rings is 1. The van der Waals surface area contributed by atoms with Crippen molar-refractivity contribution in [2.75, 3.05) is 5.32 Å². The smallest absolute Gasteiger partial charge is 0.257 e. The lowest BCUT2D eigenvalue weighted by atomic mass is 10.2. The molecule has 0 radical (unpaired) electrons. The van der Waals surface area contributed by atoms with Gasteiger partial charge in [-0.25, -0.2) is 4.98 Å². The van der Waals surface area contributed by atoms with E-state index in [2.05, 4.69) is 15.3 Å². The lowest BCUT2D eigenvalue weighted by molar-refractivity contribution is 0.102. The molecule has 0 aliphatic carbocycles. The molecule has 0 atom stereocenters. The fourth-order valence-electron chi connectivity index (χ4n) is 1.79. The average Bonchev–Trinajstić information content (AvgIpc) is 2.99. The van der Waals surface area contributed by atoms with Crippen molar-refractivity contribution in [3.05, 3.63) is 63.7 Å². The van der Waals surface area contributed by atoms with Crippen molar-refractivity contribution in [1.29, 1.82) is 0 Å². The number of thiazole rings is 1. The maximum absolute atomic E-state index is 12.2. The third-order valence-electron chi connectivity index (χ3n) is 2.88. The minimum Gasteiger partial charge on any atom is -0.298 e. The number of anilines is 1. The van der Waals surface area contributed by atoms with E-state index in [1.165, 1.54) is 17.4 Å². The summed E-state index contributed by atoms with van der Waals surface area (Å²) in [6.45, 7) is 0. The second-order valence-corrected chi connectivity index (χ2v) is 6.03. The van der Waals surface area contributed by atoms with Gasteiger partial charge in [0.1, 0.15) is 0 Å². The van der Waals surface area contributed by atoms with Gasteiger partial charge in [-0.3, -0.25) is 15.1 Å². The summed E-state index contributed by atoms with van der Waals surface area (Å²) in [7, 11) is 0. The molecule has 110 valence electrons. The zero-order valence-electron chi connectivity index (χ0n) is 11.1. The van der Waals surface area contributed by atoms with Crippen LogP contribution in [0.1, 0.15) is 10.4 Å². The molecule has 1 N–H and O–H groups in total. The second kappa shape index (κ2) is 6.44. The Hall–Kier alpha value is -1.95. The minimum atomic E-state index is -0.283. The number of pyridine rings is 1. The predicted octanol–water partition coefficient (Wildman–Crippen LogP) is 4.76. The van der Waals surface area contributed by atoms with Crippen molar-refractivity contribution in [3.8, 4) is 11.3 Å². The van der Waals surface area contributed by atoms with E-state index in [-0.39, 0.29) is 5.91 Å². The van der Waals surface area contributed by atoms with Crippen LogP contribution >= 0.6 is 34.5 Å². The SMILES string of the molecule is O=C(Nc1nc(-c2ccncc2)cs1)c1ccc(Cl)c(Cl)c1. The largest absolute Gasteiger partial charge is 0.298 e. The normalized spacial score (nSPS) is 10.5. The van der Waals surface area contributed by atoms with E-state index in [0.29, 0.717) is 20.7 Å². The summed E-state index contributed by atoms with van der Waals surface area (Å²) in [5.41, 5.74) is 2.16. The molecule has 1 aromatic carbocycles. The van der Waals surface area contributed by atoms with Crippen molar-refractivity contribution in [1.82, 2.24) is 9.97 Å². The third kappa shape index (κ3) is 3.27. The Morgan fingerprint density at radius 1 is 1.09 bits per heavy atom. The first-order chi connectivity index (χ1) is 10.6. The molecule has 7 heteroatoms. The molecule has 0 bridgehead atoms. The number of carbonyl (C=O) groups is 1. The van der Waals surface area contributed by atoms with Crippen molar-refractivity contribution < 1.29 is 4.79 Å². The van der Waals surface area contributed by atoms with Gasteiger partial charge in [0.05, 0.1) is 15.7 Å². The molecular formula is C15H9Cl2N3OS. The van der Waals surface area contributed by atoms with E-state index in [1.54, 1.807) is 24.5 Å². The maximum Gasteiger partial charge on any atom is 0.257 e. The lowest BCUT2D eigenvalue weighted by Gasteiger charge is -2.03. The standard InChI is InChI=1S/C15H9Cl2N3OS/c16-11-2-1-10(7-12(11)17)14(21)20-15-19-13(8-22-15)9-3-5-18-6-4-9/h1-8H,(H,19,20,21). The Kier molecular flexibility index (Phi) is 4.38. The first kappa shape index (κ1) is 15.0. The number of hydrogen-bond donors (Lipinski definition) is 1. The van der Waals surface area contributed by atoms with Crippen molar-refractivity contribution in [3.63, 3.8) is 0 Å². The summed E-state index contributed by atoms with van der Waals surface area (Å²) < 4.78 is 0. The average molecular weight is 350 g/mol. The molecule has 3 rings (SSSR count). The minimum absolute atomic E-state index is 0.283. The number of carbonyl (C=O) groups excluding carboxylic acids is 1. The maximum atomic E-state index is 12.2. The molecule has 0 saturated carbocycles. The Labute approximate surface area is 140 Å². The van der Waals surface area contributed by atoms with Gasteiger partial charge in [0.15, 0.2) is 5.13 Å². The lowest BCUT2D eigenvalue weighted by Crippen LogP contribution is -2.11. The van der Waals surface area contributed by atoms with Gasteiger partial charge in [0, 0.05) is 28.9 Å². The first-order valence-electron chi connectivity index (χ1n) is 6.26. The Morgan fingerprint density at radius 3 is 2.59 bits per heavy atom. The molecule has 22 heavy (non-hydrogen) atoms. The predicted molar refractivity (Wildman–Crippen MR) is 89.8 cm³/mol. The van der Waals surface area contributed by atoms with Gasteiger partial charge >= 0.3 is 0 Å². The zero-order chi connectivity index (χ0) is 15.5. The van der Waals surface area contributed by atoms with E-state index in [9.17, 15) is 4.79 Å². The van der Waals surface area contributed by atoms with Crippen LogP contribution in [0.25, 0.3) is 11.3 Å². The highest BCUT2D eigenvalue weighted by Crippen LogP contribution is 2.26. The fraction of sp³-hybridized carbons (Fsp3) is 0. The van der Waals surface area contributed by atoms with Crippen LogP contribution in [-0.4, -0.2) is 15.9 Å². The topological polar surface area (TPSA) is 54.9 Å². The van der Waals surface area contributed by atoms with Gasteiger partial charge in [0.2, 0.25) is 0 Å². The molecule has 2 aromatic heterocycles. The molecule has 2 heterocycles. The van der Waals surface area contributed by atoms with Gasteiger partial charge in [-0.15, -0.1) is 11.3 Å². The number of halogens is 2. The van der Waals surface area contributed by atoms with Crippen molar-refractivity contribution >= 4 is 45.6 Å². The second-order valence-electron chi connectivity index (χ2n) is 4.36. The number of rotatable bonds is 3. The van der Waals surface area contributed by atoms with Gasteiger partial charge < -0.3 is 0 Å². The Morgan fingerprint density at radius 2 is 1.86 bits per heavy atom. The van der Waals surface area contributed by atoms with E-state index in [0.717, 1.165) is 11.3 Å². The van der Waals surface area contributed by atoms with E-state index >= 15 is 0 Å². The van der Waals surface area contributed by atoms with Gasteiger partial charge in [0.25, 0.3) is 5.91 Å². The molecular weight excluding hydrogens is 341 g/mol. The van der Waals surface area contributed by atoms with Crippen molar-refractivity contribution in [2.24, 2.45) is 0 Å². The summed E-state index contributed by atoms with van der Waals surface area (Å²) in [4.78, 5) is 20.5. The van der Waals surface area contributed by atoms with Crippen LogP contribution in [-0.2, 0) is 0 Å². The van der Waals surface area contributed by atoms with Gasteiger partial charge in [-0.05, 0) is 30.3 Å². The summed E-state index contributed by atoms with van der Waals surface area (Å²) in [6.07, 6.45) is 3.39. The number of hydrogen-bond acceptors (Lipinski definition) is 4. The Balaban J connectivity index is 1.77. The summed E-state index contributed by atoms with van der Waals surface area (Å²) >= 11 is 13.1. The highest BCUT2D eigenvalue weighted by Gasteiger charge is 2.11.